The van der Waals surface area contributed by atoms with Gasteiger partial charge in [-0.05, 0) is 78.9 Å². The van der Waals surface area contributed by atoms with E-state index in [1.54, 1.807) is 12.1 Å². The minimum atomic E-state index is -0.240. The zero-order valence-corrected chi connectivity index (χ0v) is 40.2. The molecule has 5 aromatic carbocycles. The van der Waals surface area contributed by atoms with Crippen LogP contribution >= 0.6 is 95.6 Å². The van der Waals surface area contributed by atoms with E-state index in [2.05, 4.69) is 100 Å². The van der Waals surface area contributed by atoms with Crippen molar-refractivity contribution in [1.29, 1.82) is 0 Å². The number of aromatic hydroxyl groups is 2. The third kappa shape index (κ3) is 21.7. The Hall–Kier alpha value is 0.813. The smallest absolute Gasteiger partial charge is 1.00 e. The van der Waals surface area contributed by atoms with E-state index in [9.17, 15) is 4.39 Å². The molecular weight excluding hydrogens is 1060 g/mol. The predicted octanol–water partition coefficient (Wildman–Crippen LogP) is 5.32. The standard InChI is InChI=1S/C18H10Br4O2.C6H3Br2F.C6H6O2.CH2O3.2K.H/c19-11-4-12(20)7-17(6-11)23-15-2-1-3-16(10-15)24-18-8-13(21)5-14(22)9-18;7-4-1-5(8)3-6(9)2-4;7-5-2-1-3-6(8)4-5;2-1-4-3;;;/h1-10H;1-3H;1-4,7-8H;1,3H;;;/q;;;;2*+1;-1/p-1. The molecule has 0 aromatic heterocycles. The van der Waals surface area contributed by atoms with E-state index in [1.165, 1.54) is 30.3 Å². The van der Waals surface area contributed by atoms with Gasteiger partial charge in [0.2, 0.25) is 0 Å². The SMILES string of the molecule is Brc1cc(Br)cc(Oc2cccc(Oc3cc(Br)cc(Br)c3)c2)c1.Fc1cc(Br)cc(Br)c1.O=CO[O-].Oc1cccc(O)c1.[H-].[K+].[K+]. The summed E-state index contributed by atoms with van der Waals surface area (Å²) in [5.74, 6) is 2.81. The summed E-state index contributed by atoms with van der Waals surface area (Å²) in [5, 5.41) is 25.7. The van der Waals surface area contributed by atoms with Gasteiger partial charge in [-0.2, -0.15) is 0 Å². The molecule has 0 heterocycles. The Labute approximate surface area is 408 Å². The molecule has 0 fully saturated rings. The molecule has 0 unspecified atom stereocenters. The van der Waals surface area contributed by atoms with Crippen LogP contribution in [0.3, 0.4) is 0 Å². The van der Waals surface area contributed by atoms with Gasteiger partial charge in [0.15, 0.2) is 0 Å². The number of carbonyl (C=O) groups is 1. The Balaban J connectivity index is 0. The third-order valence-electron chi connectivity index (χ3n) is 4.65. The third-order valence-corrected chi connectivity index (χ3v) is 7.39. The summed E-state index contributed by atoms with van der Waals surface area (Å²) in [5.41, 5.74) is 0. The van der Waals surface area contributed by atoms with Gasteiger partial charge >= 0.3 is 103 Å². The molecule has 0 aliphatic carbocycles. The summed E-state index contributed by atoms with van der Waals surface area (Å²) in [6.07, 6.45) is 0. The summed E-state index contributed by atoms with van der Waals surface area (Å²) < 4.78 is 29.4. The molecule has 0 spiro atoms. The van der Waals surface area contributed by atoms with Crippen molar-refractivity contribution in [2.75, 3.05) is 0 Å². The Morgan fingerprint density at radius 2 is 0.872 bits per heavy atom. The van der Waals surface area contributed by atoms with Crippen molar-refractivity contribution < 1.29 is 143 Å². The molecule has 47 heavy (non-hydrogen) atoms. The Morgan fingerprint density at radius 1 is 0.553 bits per heavy atom. The van der Waals surface area contributed by atoms with E-state index in [1.807, 2.05) is 60.7 Å². The topological polar surface area (TPSA) is 108 Å². The average Bonchev–Trinajstić information content (AvgIpc) is 2.92. The zero-order chi connectivity index (χ0) is 33.4. The summed E-state index contributed by atoms with van der Waals surface area (Å²) in [6.45, 7) is -0.181. The van der Waals surface area contributed by atoms with Crippen molar-refractivity contribution in [2.24, 2.45) is 0 Å². The van der Waals surface area contributed by atoms with Gasteiger partial charge in [-0.25, -0.2) is 4.39 Å². The van der Waals surface area contributed by atoms with Crippen LogP contribution in [0, 0.1) is 5.82 Å². The van der Waals surface area contributed by atoms with E-state index >= 15 is 0 Å². The first-order valence-electron chi connectivity index (χ1n) is 12.1. The quantitative estimate of drug-likeness (QED) is 0.106. The van der Waals surface area contributed by atoms with Crippen LogP contribution in [0.15, 0.2) is 130 Å². The van der Waals surface area contributed by atoms with Gasteiger partial charge in [-0.1, -0.05) is 108 Å². The van der Waals surface area contributed by atoms with Crippen LogP contribution in [0.4, 0.5) is 4.39 Å². The van der Waals surface area contributed by atoms with E-state index in [-0.39, 0.29) is 128 Å². The second kappa shape index (κ2) is 26.6. The Kier molecular flexibility index (Phi) is 27.0. The molecule has 0 amide bonds. The predicted molar refractivity (Wildman–Crippen MR) is 190 cm³/mol. The van der Waals surface area contributed by atoms with E-state index < -0.39 is 0 Å². The van der Waals surface area contributed by atoms with Crippen molar-refractivity contribution in [3.63, 3.8) is 0 Å². The molecule has 0 aliphatic rings. The number of hydrogen-bond acceptors (Lipinski definition) is 7. The molecule has 0 saturated carbocycles. The molecule has 0 radical (unpaired) electrons. The van der Waals surface area contributed by atoms with Gasteiger partial charge in [0, 0.05) is 39.0 Å². The van der Waals surface area contributed by atoms with Gasteiger partial charge in [-0.15, -0.1) is 0 Å². The fourth-order valence-electron chi connectivity index (χ4n) is 3.06. The Bertz CT molecular complexity index is 1530. The van der Waals surface area contributed by atoms with Gasteiger partial charge in [0.05, 0.1) is 0 Å². The second-order valence-corrected chi connectivity index (χ2v) is 13.7. The minimum absolute atomic E-state index is 0. The van der Waals surface area contributed by atoms with Crippen LogP contribution < -0.4 is 118 Å². The maximum Gasteiger partial charge on any atom is 1.00 e. The monoisotopic (exact) mass is 1080 g/mol. The van der Waals surface area contributed by atoms with E-state index in [0.717, 1.165) is 38.3 Å². The Morgan fingerprint density at radius 3 is 1.15 bits per heavy atom. The maximum absolute atomic E-state index is 12.4. The van der Waals surface area contributed by atoms with Crippen LogP contribution in [0.2, 0.25) is 0 Å². The average molecular weight is 1080 g/mol. The van der Waals surface area contributed by atoms with Crippen molar-refractivity contribution in [3.05, 3.63) is 136 Å². The molecule has 7 nitrogen and oxygen atoms in total. The largest absolute Gasteiger partial charge is 1.00 e. The number of carbonyl (C=O) groups excluding carboxylic acids is 1. The van der Waals surface area contributed by atoms with Gasteiger partial charge in [0.1, 0.15) is 40.3 Å². The fourth-order valence-corrected chi connectivity index (χ4v) is 6.80. The van der Waals surface area contributed by atoms with E-state index in [0.29, 0.717) is 11.5 Å². The van der Waals surface area contributed by atoms with Gasteiger partial charge in [0.25, 0.3) is 6.47 Å². The van der Waals surface area contributed by atoms with Gasteiger partial charge in [-0.3, -0.25) is 4.79 Å². The fraction of sp³-hybridized carbons (Fsp3) is 0. The number of benzene rings is 5. The number of rotatable bonds is 5. The molecule has 0 aliphatic heterocycles. The molecule has 238 valence electrons. The number of ether oxygens (including phenoxy) is 2. The van der Waals surface area contributed by atoms with Crippen LogP contribution in [-0.2, 0) is 9.68 Å². The maximum atomic E-state index is 12.4. The number of phenols is 2. The summed E-state index contributed by atoms with van der Waals surface area (Å²) in [6, 6.07) is 29.5. The first-order chi connectivity index (χ1) is 21.4. The molecule has 5 aromatic rings. The molecule has 0 atom stereocenters. The number of halogens is 7. The van der Waals surface area contributed by atoms with Crippen LogP contribution in [-0.4, -0.2) is 16.7 Å². The van der Waals surface area contributed by atoms with Crippen LogP contribution in [0.25, 0.3) is 0 Å². The first-order valence-corrected chi connectivity index (χ1v) is 16.8. The van der Waals surface area contributed by atoms with Crippen molar-refractivity contribution >= 4 is 102 Å². The normalized spacial score (nSPS) is 9.19. The molecule has 16 heteroatoms. The minimum Gasteiger partial charge on any atom is -1.00 e. The number of phenolic OH excluding ortho intramolecular Hbond substituents is 2. The summed E-state index contributed by atoms with van der Waals surface area (Å²) in [4.78, 5) is 11.2. The van der Waals surface area contributed by atoms with E-state index in [4.69, 9.17) is 29.7 Å². The molecule has 5 rings (SSSR count). The molecular formula is C31H21Br6FK2O7. The summed E-state index contributed by atoms with van der Waals surface area (Å²) >= 11 is 20.1. The number of hydrogen-bond donors (Lipinski definition) is 2. The zero-order valence-electron chi connectivity index (χ0n) is 25.5. The van der Waals surface area contributed by atoms with Crippen LogP contribution in [0.1, 0.15) is 1.43 Å². The molecule has 2 N–H and O–H groups in total. The van der Waals surface area contributed by atoms with Gasteiger partial charge < -0.3 is 31.3 Å². The van der Waals surface area contributed by atoms with Crippen molar-refractivity contribution in [1.82, 2.24) is 0 Å². The van der Waals surface area contributed by atoms with Crippen molar-refractivity contribution in [3.8, 4) is 34.5 Å². The summed E-state index contributed by atoms with van der Waals surface area (Å²) in [7, 11) is 0. The first kappa shape index (κ1) is 47.8. The molecule has 0 bridgehead atoms. The molecule has 0 saturated heterocycles. The van der Waals surface area contributed by atoms with Crippen LogP contribution in [0.5, 0.6) is 34.5 Å². The van der Waals surface area contributed by atoms with Crippen molar-refractivity contribution in [2.45, 2.75) is 0 Å². The second-order valence-electron chi connectivity index (χ2n) is 8.19.